The van der Waals surface area contributed by atoms with Crippen LogP contribution in [-0.4, -0.2) is 16.3 Å². The zero-order valence-electron chi connectivity index (χ0n) is 12.5. The van der Waals surface area contributed by atoms with E-state index in [4.69, 9.17) is 0 Å². The zero-order valence-corrected chi connectivity index (χ0v) is 14.9. The predicted octanol–water partition coefficient (Wildman–Crippen LogP) is 6.28. The average Bonchev–Trinajstić information content (AvgIpc) is 2.37. The quantitative estimate of drug-likeness (QED) is 0.470. The van der Waals surface area contributed by atoms with Gasteiger partial charge in [0.05, 0.1) is 0 Å². The van der Waals surface area contributed by atoms with Crippen LogP contribution >= 0.6 is 27.7 Å². The molecule has 0 aromatic carbocycles. The number of hydrogen-bond acceptors (Lipinski definition) is 1. The van der Waals surface area contributed by atoms with E-state index in [-0.39, 0.29) is 0 Å². The highest BCUT2D eigenvalue weighted by atomic mass is 79.9. The van der Waals surface area contributed by atoms with E-state index in [9.17, 15) is 0 Å². The van der Waals surface area contributed by atoms with E-state index in [1.54, 1.807) is 0 Å². The fraction of sp³-hybridized carbons (Fsp3) is 1.00. The molecule has 108 valence electrons. The van der Waals surface area contributed by atoms with Crippen LogP contribution in [0, 0.1) is 11.3 Å². The topological polar surface area (TPSA) is 0 Å². The van der Waals surface area contributed by atoms with E-state index in [0.29, 0.717) is 5.41 Å². The lowest BCUT2D eigenvalue weighted by molar-refractivity contribution is 0.318. The first-order valence-corrected chi connectivity index (χ1v) is 10.0. The third kappa shape index (κ3) is 5.45. The van der Waals surface area contributed by atoms with E-state index >= 15 is 0 Å². The van der Waals surface area contributed by atoms with Crippen LogP contribution in [0.5, 0.6) is 0 Å². The van der Waals surface area contributed by atoms with Gasteiger partial charge in [0, 0.05) is 10.6 Å². The summed E-state index contributed by atoms with van der Waals surface area (Å²) in [5.41, 5.74) is 0.564. The molecule has 1 aliphatic rings. The molecule has 18 heavy (non-hydrogen) atoms. The van der Waals surface area contributed by atoms with Crippen LogP contribution in [0.4, 0.5) is 0 Å². The summed E-state index contributed by atoms with van der Waals surface area (Å²) in [5, 5.41) is 2.14. The Morgan fingerprint density at radius 2 is 1.83 bits per heavy atom. The molecule has 0 radical (unpaired) electrons. The molecule has 2 heteroatoms. The smallest absolute Gasteiger partial charge is 0.00958 e. The number of alkyl halides is 1. The Bertz CT molecular complexity index is 211. The van der Waals surface area contributed by atoms with Crippen molar-refractivity contribution < 1.29 is 0 Å². The first-order valence-electron chi connectivity index (χ1n) is 7.83. The van der Waals surface area contributed by atoms with Gasteiger partial charge in [0.25, 0.3) is 0 Å². The normalized spacial score (nSPS) is 25.3. The molecule has 1 aliphatic carbocycles. The monoisotopic (exact) mass is 334 g/mol. The minimum atomic E-state index is 0.564. The molecule has 0 bridgehead atoms. The first-order chi connectivity index (χ1) is 8.65. The van der Waals surface area contributed by atoms with Crippen LogP contribution in [-0.2, 0) is 0 Å². The van der Waals surface area contributed by atoms with Crippen molar-refractivity contribution in [3.63, 3.8) is 0 Å². The fourth-order valence-corrected chi connectivity index (χ4v) is 6.13. The molecule has 2 atom stereocenters. The van der Waals surface area contributed by atoms with Crippen molar-refractivity contribution in [1.29, 1.82) is 0 Å². The second kappa shape index (κ2) is 8.89. The molecule has 0 N–H and O–H groups in total. The van der Waals surface area contributed by atoms with Crippen molar-refractivity contribution in [3.05, 3.63) is 0 Å². The summed E-state index contributed by atoms with van der Waals surface area (Å²) in [7, 11) is 0. The van der Waals surface area contributed by atoms with Gasteiger partial charge in [-0.3, -0.25) is 0 Å². The molecule has 1 saturated carbocycles. The predicted molar refractivity (Wildman–Crippen MR) is 89.9 cm³/mol. The summed E-state index contributed by atoms with van der Waals surface area (Å²) in [5.74, 6) is 2.34. The summed E-state index contributed by atoms with van der Waals surface area (Å²) >= 11 is 6.08. The summed E-state index contributed by atoms with van der Waals surface area (Å²) in [6.07, 6.45) is 11.3. The van der Waals surface area contributed by atoms with Crippen molar-refractivity contribution in [1.82, 2.24) is 0 Å². The van der Waals surface area contributed by atoms with E-state index < -0.39 is 0 Å². The minimum absolute atomic E-state index is 0.564. The van der Waals surface area contributed by atoms with Crippen LogP contribution in [0.3, 0.4) is 0 Å². The lowest BCUT2D eigenvalue weighted by atomic mass is 9.83. The molecule has 0 aromatic rings. The zero-order chi connectivity index (χ0) is 13.4. The van der Waals surface area contributed by atoms with Crippen LogP contribution in [0.2, 0.25) is 0 Å². The number of rotatable bonds is 8. The number of thioether (sulfide) groups is 1. The molecule has 0 aliphatic heterocycles. The van der Waals surface area contributed by atoms with Gasteiger partial charge >= 0.3 is 0 Å². The summed E-state index contributed by atoms with van der Waals surface area (Å²) in [6, 6.07) is 0. The van der Waals surface area contributed by atoms with Crippen molar-refractivity contribution >= 4 is 27.7 Å². The van der Waals surface area contributed by atoms with E-state index in [0.717, 1.165) is 11.2 Å². The van der Waals surface area contributed by atoms with Crippen molar-refractivity contribution in [2.45, 2.75) is 77.4 Å². The van der Waals surface area contributed by atoms with Gasteiger partial charge < -0.3 is 0 Å². The molecule has 0 heterocycles. The summed E-state index contributed by atoms with van der Waals surface area (Å²) in [6.45, 7) is 7.10. The van der Waals surface area contributed by atoms with Crippen LogP contribution in [0.1, 0.15) is 72.1 Å². The molecule has 0 aromatic heterocycles. The average molecular weight is 335 g/mol. The van der Waals surface area contributed by atoms with Gasteiger partial charge in [-0.25, -0.2) is 0 Å². The van der Waals surface area contributed by atoms with Crippen molar-refractivity contribution in [2.75, 3.05) is 11.1 Å². The second-order valence-corrected chi connectivity index (χ2v) is 8.19. The Labute approximate surface area is 127 Å². The van der Waals surface area contributed by atoms with Gasteiger partial charge in [-0.15, -0.1) is 0 Å². The fourth-order valence-electron chi connectivity index (χ4n) is 3.33. The Kier molecular flexibility index (Phi) is 8.34. The Hall–Kier alpha value is 0.830. The highest BCUT2D eigenvalue weighted by molar-refractivity contribution is 9.09. The van der Waals surface area contributed by atoms with Gasteiger partial charge in [0.15, 0.2) is 0 Å². The van der Waals surface area contributed by atoms with E-state index in [1.807, 2.05) is 0 Å². The van der Waals surface area contributed by atoms with E-state index in [1.165, 1.54) is 62.4 Å². The molecule has 0 saturated heterocycles. The van der Waals surface area contributed by atoms with Crippen LogP contribution in [0.15, 0.2) is 0 Å². The summed E-state index contributed by atoms with van der Waals surface area (Å²) < 4.78 is 0. The van der Waals surface area contributed by atoms with Gasteiger partial charge in [-0.2, -0.15) is 11.8 Å². The van der Waals surface area contributed by atoms with Gasteiger partial charge in [-0.1, -0.05) is 62.4 Å². The highest BCUT2D eigenvalue weighted by Crippen LogP contribution is 2.40. The van der Waals surface area contributed by atoms with Gasteiger partial charge in [0.1, 0.15) is 0 Å². The maximum Gasteiger partial charge on any atom is 0.00958 e. The third-order valence-corrected chi connectivity index (χ3v) is 7.23. The van der Waals surface area contributed by atoms with Crippen molar-refractivity contribution in [2.24, 2.45) is 11.3 Å². The highest BCUT2D eigenvalue weighted by Gasteiger charge is 2.29. The van der Waals surface area contributed by atoms with Gasteiger partial charge in [0.2, 0.25) is 0 Å². The largest absolute Gasteiger partial charge is 0.158 e. The summed E-state index contributed by atoms with van der Waals surface area (Å²) in [4.78, 5) is 0. The molecule has 1 fully saturated rings. The Morgan fingerprint density at radius 1 is 1.17 bits per heavy atom. The molecular weight excluding hydrogens is 304 g/mol. The lowest BCUT2D eigenvalue weighted by Gasteiger charge is -2.34. The second-order valence-electron chi connectivity index (χ2n) is 6.34. The molecular formula is C16H31BrS. The Balaban J connectivity index is 2.44. The lowest BCUT2D eigenvalue weighted by Crippen LogP contribution is -2.28. The molecule has 2 unspecified atom stereocenters. The number of hydrogen-bond donors (Lipinski definition) is 0. The Morgan fingerprint density at radius 3 is 2.33 bits per heavy atom. The standard InChI is InChI=1S/C16H31BrS/c1-4-9-16(12-17,10-5-2)13-18-15-8-6-7-14(3)11-15/h14-15H,4-13H2,1-3H3. The number of halogens is 1. The van der Waals surface area contributed by atoms with Crippen LogP contribution in [0.25, 0.3) is 0 Å². The molecule has 0 nitrogen and oxygen atoms in total. The van der Waals surface area contributed by atoms with E-state index in [2.05, 4.69) is 48.5 Å². The van der Waals surface area contributed by atoms with Crippen molar-refractivity contribution in [3.8, 4) is 0 Å². The SMILES string of the molecule is CCCC(CBr)(CCC)CSC1CCCC(C)C1. The maximum atomic E-state index is 3.80. The van der Waals surface area contributed by atoms with Gasteiger partial charge in [-0.05, 0) is 42.8 Å². The minimum Gasteiger partial charge on any atom is -0.158 e. The third-order valence-electron chi connectivity index (χ3n) is 4.36. The van der Waals surface area contributed by atoms with Crippen LogP contribution < -0.4 is 0 Å². The molecule has 0 spiro atoms. The molecule has 0 amide bonds. The molecule has 1 rings (SSSR count). The first kappa shape index (κ1) is 16.9. The maximum absolute atomic E-state index is 3.80.